The number of ether oxygens (including phenoxy) is 1. The van der Waals surface area contributed by atoms with Gasteiger partial charge in [0.15, 0.2) is 0 Å². The minimum Gasteiger partial charge on any atom is -0.447 e. The molecule has 1 fully saturated rings. The van der Waals surface area contributed by atoms with Gasteiger partial charge in [0.25, 0.3) is 0 Å². The lowest BCUT2D eigenvalue weighted by Gasteiger charge is -2.13. The monoisotopic (exact) mass is 416 g/mol. The third-order valence-corrected chi connectivity index (χ3v) is 5.35. The Kier molecular flexibility index (Phi) is 5.38. The Balaban J connectivity index is 1.78. The van der Waals surface area contributed by atoms with Crippen LogP contribution in [0.2, 0.25) is 0 Å². The highest BCUT2D eigenvalue weighted by molar-refractivity contribution is 6.01. The molecule has 2 amide bonds. The largest absolute Gasteiger partial charge is 0.447 e. The SMILES string of the molecule is CC(C)OC(=O)Nc1ccc(-c2c(C#N)c3ccc(C(N)=O)cc3n2CC2CC2)cc1. The molecule has 3 aromatic rings. The van der Waals surface area contributed by atoms with Gasteiger partial charge < -0.3 is 15.0 Å². The molecule has 1 aromatic heterocycles. The molecule has 0 unspecified atom stereocenters. The zero-order valence-electron chi connectivity index (χ0n) is 17.5. The Bertz CT molecular complexity index is 1200. The van der Waals surface area contributed by atoms with E-state index in [4.69, 9.17) is 10.5 Å². The fourth-order valence-electron chi connectivity index (χ4n) is 3.74. The fraction of sp³-hybridized carbons (Fsp3) is 0.292. The number of nitrogens with one attached hydrogen (secondary N) is 1. The molecule has 7 heteroatoms. The van der Waals surface area contributed by atoms with Crippen LogP contribution < -0.4 is 11.1 Å². The first-order chi connectivity index (χ1) is 14.9. The number of anilines is 1. The second kappa shape index (κ2) is 8.15. The Labute approximate surface area is 180 Å². The topological polar surface area (TPSA) is 110 Å². The summed E-state index contributed by atoms with van der Waals surface area (Å²) in [5.74, 6) is 0.0645. The van der Waals surface area contributed by atoms with Crippen LogP contribution in [0.4, 0.5) is 10.5 Å². The van der Waals surface area contributed by atoms with Crippen LogP contribution in [0.3, 0.4) is 0 Å². The molecule has 2 aromatic carbocycles. The molecule has 1 aliphatic carbocycles. The van der Waals surface area contributed by atoms with Crippen molar-refractivity contribution in [2.24, 2.45) is 11.7 Å². The summed E-state index contributed by atoms with van der Waals surface area (Å²) in [7, 11) is 0. The van der Waals surface area contributed by atoms with Crippen LogP contribution in [0.15, 0.2) is 42.5 Å². The van der Waals surface area contributed by atoms with E-state index in [0.29, 0.717) is 22.7 Å². The molecule has 3 N–H and O–H groups in total. The number of nitrogens with two attached hydrogens (primary N) is 1. The van der Waals surface area contributed by atoms with Crippen molar-refractivity contribution in [3.8, 4) is 17.3 Å². The number of hydrogen-bond acceptors (Lipinski definition) is 4. The molecule has 0 spiro atoms. The molecule has 0 bridgehead atoms. The van der Waals surface area contributed by atoms with Crippen LogP contribution in [-0.4, -0.2) is 22.7 Å². The van der Waals surface area contributed by atoms with E-state index in [-0.39, 0.29) is 6.10 Å². The Morgan fingerprint density at radius 2 is 1.94 bits per heavy atom. The predicted molar refractivity (Wildman–Crippen MR) is 119 cm³/mol. The van der Waals surface area contributed by atoms with E-state index in [1.54, 1.807) is 44.2 Å². The van der Waals surface area contributed by atoms with E-state index in [2.05, 4.69) is 16.0 Å². The number of amides is 2. The summed E-state index contributed by atoms with van der Waals surface area (Å²) in [6, 6.07) is 14.9. The van der Waals surface area contributed by atoms with Crippen molar-refractivity contribution < 1.29 is 14.3 Å². The van der Waals surface area contributed by atoms with Crippen molar-refractivity contribution in [2.45, 2.75) is 39.3 Å². The number of nitriles is 1. The van der Waals surface area contributed by atoms with Crippen molar-refractivity contribution in [1.29, 1.82) is 5.26 Å². The van der Waals surface area contributed by atoms with Gasteiger partial charge in [-0.1, -0.05) is 18.2 Å². The average Bonchev–Trinajstić information content (AvgIpc) is 3.49. The number of hydrogen-bond donors (Lipinski definition) is 2. The van der Waals surface area contributed by atoms with Gasteiger partial charge in [-0.25, -0.2) is 4.79 Å². The van der Waals surface area contributed by atoms with E-state index >= 15 is 0 Å². The van der Waals surface area contributed by atoms with Gasteiger partial charge in [-0.3, -0.25) is 10.1 Å². The molecule has 0 aliphatic heterocycles. The highest BCUT2D eigenvalue weighted by atomic mass is 16.6. The lowest BCUT2D eigenvalue weighted by Crippen LogP contribution is -2.17. The lowest BCUT2D eigenvalue weighted by molar-refractivity contribution is 0.1000. The highest BCUT2D eigenvalue weighted by Crippen LogP contribution is 2.39. The lowest BCUT2D eigenvalue weighted by atomic mass is 10.0. The van der Waals surface area contributed by atoms with Crippen molar-refractivity contribution in [3.63, 3.8) is 0 Å². The molecule has 7 nitrogen and oxygen atoms in total. The van der Waals surface area contributed by atoms with Gasteiger partial charge in [0.05, 0.1) is 22.9 Å². The second-order valence-electron chi connectivity index (χ2n) is 8.14. The van der Waals surface area contributed by atoms with Gasteiger partial charge in [0.1, 0.15) is 6.07 Å². The standard InChI is InChI=1S/C24H24N4O3/c1-14(2)31-24(30)27-18-8-5-16(6-9-18)22-20(12-25)19-10-7-17(23(26)29)11-21(19)28(22)13-15-3-4-15/h5-11,14-15H,3-4,13H2,1-2H3,(H2,26,29)(H,27,30). The highest BCUT2D eigenvalue weighted by Gasteiger charge is 2.27. The van der Waals surface area contributed by atoms with Gasteiger partial charge in [0.2, 0.25) is 5.91 Å². The molecule has 31 heavy (non-hydrogen) atoms. The minimum atomic E-state index is -0.512. The first-order valence-electron chi connectivity index (χ1n) is 10.3. The summed E-state index contributed by atoms with van der Waals surface area (Å²) < 4.78 is 7.23. The van der Waals surface area contributed by atoms with Crippen molar-refractivity contribution in [2.75, 3.05) is 5.32 Å². The predicted octanol–water partition coefficient (Wildman–Crippen LogP) is 4.65. The van der Waals surface area contributed by atoms with Gasteiger partial charge >= 0.3 is 6.09 Å². The molecule has 0 atom stereocenters. The first kappa shape index (κ1) is 20.5. The van der Waals surface area contributed by atoms with Gasteiger partial charge in [-0.05, 0) is 62.4 Å². The molecule has 0 radical (unpaired) electrons. The summed E-state index contributed by atoms with van der Waals surface area (Å²) in [5.41, 5.74) is 9.57. The van der Waals surface area contributed by atoms with Gasteiger partial charge in [0, 0.05) is 23.2 Å². The maximum absolute atomic E-state index is 11.8. The molecule has 1 heterocycles. The molecule has 1 aliphatic rings. The quantitative estimate of drug-likeness (QED) is 0.609. The van der Waals surface area contributed by atoms with Crippen molar-refractivity contribution in [1.82, 2.24) is 4.57 Å². The number of primary amides is 1. The van der Waals surface area contributed by atoms with Crippen LogP contribution in [-0.2, 0) is 11.3 Å². The molecular formula is C24H24N4O3. The summed E-state index contributed by atoms with van der Waals surface area (Å²) >= 11 is 0. The number of aromatic nitrogens is 1. The van der Waals surface area contributed by atoms with E-state index in [1.807, 2.05) is 12.1 Å². The zero-order chi connectivity index (χ0) is 22.1. The third kappa shape index (κ3) is 4.24. The number of benzene rings is 2. The van der Waals surface area contributed by atoms with Crippen molar-refractivity contribution >= 4 is 28.6 Å². The normalized spacial score (nSPS) is 13.2. The summed E-state index contributed by atoms with van der Waals surface area (Å²) in [6.45, 7) is 4.35. The summed E-state index contributed by atoms with van der Waals surface area (Å²) in [4.78, 5) is 23.6. The Morgan fingerprint density at radius 1 is 1.23 bits per heavy atom. The second-order valence-corrected chi connectivity index (χ2v) is 8.14. The molecule has 1 saturated carbocycles. The maximum atomic E-state index is 11.8. The Hall–Kier alpha value is -3.79. The van der Waals surface area contributed by atoms with Crippen LogP contribution in [0, 0.1) is 17.2 Å². The first-order valence-corrected chi connectivity index (χ1v) is 10.3. The third-order valence-electron chi connectivity index (χ3n) is 5.35. The number of carbonyl (C=O) groups is 2. The molecular weight excluding hydrogens is 392 g/mol. The Morgan fingerprint density at radius 3 is 2.52 bits per heavy atom. The molecule has 0 saturated heterocycles. The number of nitrogens with zero attached hydrogens (tertiary/aromatic N) is 2. The van der Waals surface area contributed by atoms with E-state index in [0.717, 1.165) is 41.5 Å². The number of rotatable bonds is 6. The van der Waals surface area contributed by atoms with Crippen molar-refractivity contribution in [3.05, 3.63) is 53.6 Å². The maximum Gasteiger partial charge on any atom is 0.411 e. The van der Waals surface area contributed by atoms with E-state index in [1.165, 1.54) is 0 Å². The fourth-order valence-corrected chi connectivity index (χ4v) is 3.74. The average molecular weight is 416 g/mol. The van der Waals surface area contributed by atoms with Crippen LogP contribution in [0.5, 0.6) is 0 Å². The zero-order valence-corrected chi connectivity index (χ0v) is 17.5. The van der Waals surface area contributed by atoms with Crippen LogP contribution in [0.25, 0.3) is 22.2 Å². The summed E-state index contributed by atoms with van der Waals surface area (Å²) in [6.07, 6.45) is 1.58. The van der Waals surface area contributed by atoms with Gasteiger partial charge in [-0.15, -0.1) is 0 Å². The van der Waals surface area contributed by atoms with Crippen LogP contribution in [0.1, 0.15) is 42.6 Å². The number of fused-ring (bicyclic) bond motifs is 1. The molecule has 158 valence electrons. The van der Waals surface area contributed by atoms with E-state index in [9.17, 15) is 14.9 Å². The smallest absolute Gasteiger partial charge is 0.411 e. The van der Waals surface area contributed by atoms with E-state index < -0.39 is 12.0 Å². The molecule has 4 rings (SSSR count). The summed E-state index contributed by atoms with van der Waals surface area (Å²) in [5, 5.41) is 13.4. The minimum absolute atomic E-state index is 0.208. The number of carbonyl (C=O) groups excluding carboxylic acids is 2. The van der Waals surface area contributed by atoms with Crippen LogP contribution >= 0.6 is 0 Å². The van der Waals surface area contributed by atoms with Gasteiger partial charge in [-0.2, -0.15) is 5.26 Å².